The molecule has 0 heterocycles. The Bertz CT molecular complexity index is 462. The molecule has 10 nitrogen and oxygen atoms in total. The van der Waals surface area contributed by atoms with Crippen LogP contribution in [-0.2, 0) is 0 Å². The van der Waals surface area contributed by atoms with E-state index in [2.05, 4.69) is 0 Å². The molecule has 2 aliphatic carbocycles. The lowest BCUT2D eigenvalue weighted by Crippen LogP contribution is -3.03. The second-order valence-corrected chi connectivity index (χ2v) is 6.48. The molecular formula is C14H26NO9+. The molecule has 0 radical (unpaired) electrons. The van der Waals surface area contributed by atoms with Crippen LogP contribution in [0.4, 0.5) is 0 Å². The lowest BCUT2D eigenvalue weighted by Gasteiger charge is -2.44. The van der Waals surface area contributed by atoms with Crippen molar-refractivity contribution in [1.82, 2.24) is 0 Å². The Labute approximate surface area is 137 Å². The fourth-order valence-corrected chi connectivity index (χ4v) is 3.47. The highest BCUT2D eigenvalue weighted by Gasteiger charge is 2.52. The zero-order valence-electron chi connectivity index (χ0n) is 12.9. The number of hydrogen-bond donors (Lipinski definition) is 10. The van der Waals surface area contributed by atoms with Crippen LogP contribution in [-0.4, -0.2) is 114 Å². The van der Waals surface area contributed by atoms with Gasteiger partial charge in [-0.25, -0.2) is 0 Å². The van der Waals surface area contributed by atoms with Gasteiger partial charge in [-0.3, -0.25) is 0 Å². The lowest BCUT2D eigenvalue weighted by molar-refractivity contribution is -0.737. The van der Waals surface area contributed by atoms with E-state index in [1.807, 2.05) is 0 Å². The van der Waals surface area contributed by atoms with Crippen molar-refractivity contribution in [2.45, 2.75) is 54.8 Å². The third-order valence-corrected chi connectivity index (χ3v) is 5.06. The van der Waals surface area contributed by atoms with Crippen molar-refractivity contribution in [2.24, 2.45) is 5.92 Å². The smallest absolute Gasteiger partial charge is 0.142 e. The Morgan fingerprint density at radius 2 is 1.38 bits per heavy atom. The third kappa shape index (κ3) is 3.35. The topological polar surface area (TPSA) is 199 Å². The summed E-state index contributed by atoms with van der Waals surface area (Å²) in [6.07, 6.45) is -9.22. The quantitative estimate of drug-likeness (QED) is 0.218. The summed E-state index contributed by atoms with van der Waals surface area (Å²) in [5, 5.41) is 89.5. The minimum absolute atomic E-state index is 0.0770. The fourth-order valence-electron chi connectivity index (χ4n) is 3.47. The largest absolute Gasteiger partial charge is 0.396 e. The molecule has 2 rings (SSSR count). The molecule has 1 saturated carbocycles. The standard InChI is InChI=1S/C14H25NO9/c16-2-4-1-6(11(21)13(23)8(4)18)15-7-9(19)5(3-17)10(20)14(24)12(7)22/h1,5-24H,2-3H2/p+1/t5-,6-,7-,8+,9+,10+,11-,12-,13-,14-/m0/s1. The van der Waals surface area contributed by atoms with Gasteiger partial charge in [-0.05, 0) is 11.6 Å². The summed E-state index contributed by atoms with van der Waals surface area (Å²) >= 11 is 0. The Morgan fingerprint density at radius 1 is 0.750 bits per heavy atom. The van der Waals surface area contributed by atoms with Crippen LogP contribution in [0.1, 0.15) is 0 Å². The summed E-state index contributed by atoms with van der Waals surface area (Å²) in [4.78, 5) is 0. The van der Waals surface area contributed by atoms with Crippen LogP contribution >= 0.6 is 0 Å². The number of nitrogens with two attached hydrogens (primary N) is 1. The zero-order chi connectivity index (χ0) is 18.2. The Hall–Kier alpha value is -0.660. The van der Waals surface area contributed by atoms with E-state index in [1.54, 1.807) is 0 Å². The first-order valence-electron chi connectivity index (χ1n) is 7.78. The molecule has 0 aromatic rings. The molecule has 0 aliphatic heterocycles. The molecule has 2 aliphatic rings. The van der Waals surface area contributed by atoms with Gasteiger partial charge in [0, 0.05) is 5.92 Å². The molecular weight excluding hydrogens is 326 g/mol. The highest BCUT2D eigenvalue weighted by atomic mass is 16.4. The first kappa shape index (κ1) is 19.7. The van der Waals surface area contributed by atoms with Crippen molar-refractivity contribution in [3.63, 3.8) is 0 Å². The number of aliphatic hydroxyl groups is 9. The van der Waals surface area contributed by atoms with E-state index in [4.69, 9.17) is 0 Å². The van der Waals surface area contributed by atoms with Crippen molar-refractivity contribution in [3.05, 3.63) is 11.6 Å². The summed E-state index contributed by atoms with van der Waals surface area (Å²) < 4.78 is 0. The van der Waals surface area contributed by atoms with Crippen molar-refractivity contribution in [1.29, 1.82) is 0 Å². The van der Waals surface area contributed by atoms with Gasteiger partial charge in [0.25, 0.3) is 0 Å². The lowest BCUT2D eigenvalue weighted by atomic mass is 9.76. The van der Waals surface area contributed by atoms with Crippen molar-refractivity contribution >= 4 is 0 Å². The molecule has 0 spiro atoms. The van der Waals surface area contributed by atoms with Gasteiger partial charge >= 0.3 is 0 Å². The van der Waals surface area contributed by atoms with Gasteiger partial charge in [0.1, 0.15) is 48.7 Å². The first-order valence-corrected chi connectivity index (χ1v) is 7.78. The van der Waals surface area contributed by atoms with Crippen LogP contribution in [0, 0.1) is 5.92 Å². The maximum absolute atomic E-state index is 10.3. The van der Waals surface area contributed by atoms with Gasteiger partial charge in [0.2, 0.25) is 0 Å². The van der Waals surface area contributed by atoms with E-state index in [9.17, 15) is 46.0 Å². The van der Waals surface area contributed by atoms with E-state index in [0.717, 1.165) is 0 Å². The molecule has 0 saturated heterocycles. The van der Waals surface area contributed by atoms with Gasteiger partial charge in [-0.15, -0.1) is 0 Å². The Balaban J connectivity index is 2.23. The average molecular weight is 352 g/mol. The van der Waals surface area contributed by atoms with E-state index in [0.29, 0.717) is 0 Å². The van der Waals surface area contributed by atoms with E-state index < -0.39 is 73.9 Å². The molecule has 10 heteroatoms. The van der Waals surface area contributed by atoms with Gasteiger partial charge in [-0.2, -0.15) is 0 Å². The van der Waals surface area contributed by atoms with Crippen LogP contribution in [0.2, 0.25) is 0 Å². The third-order valence-electron chi connectivity index (χ3n) is 5.06. The number of rotatable bonds is 4. The number of aliphatic hydroxyl groups excluding tert-OH is 9. The SMILES string of the molecule is OCC1=C[C@H]([NH2+][C@@H]2[C@H](O)[C@@H](O)[C@H](O)[C@@H](CO)[C@H]2O)[C@H](O)[C@@H](O)[C@@H]1O. The highest BCUT2D eigenvalue weighted by Crippen LogP contribution is 2.25. The molecule has 140 valence electrons. The van der Waals surface area contributed by atoms with Crippen molar-refractivity contribution in [3.8, 4) is 0 Å². The first-order chi connectivity index (χ1) is 11.2. The van der Waals surface area contributed by atoms with Gasteiger partial charge in [0.15, 0.2) is 0 Å². The van der Waals surface area contributed by atoms with Crippen LogP contribution in [0.25, 0.3) is 0 Å². The van der Waals surface area contributed by atoms with Crippen LogP contribution < -0.4 is 5.32 Å². The summed E-state index contributed by atoms with van der Waals surface area (Å²) in [6.45, 7) is -1.17. The minimum Gasteiger partial charge on any atom is -0.396 e. The van der Waals surface area contributed by atoms with Gasteiger partial charge in [-0.1, -0.05) is 0 Å². The number of hydrogen-bond acceptors (Lipinski definition) is 9. The Morgan fingerprint density at radius 3 is 1.92 bits per heavy atom. The number of quaternary nitrogens is 1. The maximum Gasteiger partial charge on any atom is 0.142 e. The minimum atomic E-state index is -1.61. The predicted molar refractivity (Wildman–Crippen MR) is 77.3 cm³/mol. The molecule has 0 bridgehead atoms. The second-order valence-electron chi connectivity index (χ2n) is 6.48. The molecule has 1 fully saturated rings. The highest BCUT2D eigenvalue weighted by molar-refractivity contribution is 5.19. The second kappa shape index (κ2) is 7.70. The molecule has 24 heavy (non-hydrogen) atoms. The summed E-state index contributed by atoms with van der Waals surface area (Å²) in [6, 6.07) is -2.04. The monoisotopic (exact) mass is 352 g/mol. The van der Waals surface area contributed by atoms with Crippen molar-refractivity contribution in [2.75, 3.05) is 13.2 Å². The molecule has 0 aromatic heterocycles. The summed E-state index contributed by atoms with van der Waals surface area (Å²) in [5.74, 6) is -1.10. The van der Waals surface area contributed by atoms with E-state index in [1.165, 1.54) is 11.4 Å². The van der Waals surface area contributed by atoms with E-state index in [-0.39, 0.29) is 5.57 Å². The maximum atomic E-state index is 10.3. The van der Waals surface area contributed by atoms with Gasteiger partial charge < -0.3 is 51.3 Å². The van der Waals surface area contributed by atoms with Crippen LogP contribution in [0.15, 0.2) is 11.6 Å². The van der Waals surface area contributed by atoms with E-state index >= 15 is 0 Å². The average Bonchev–Trinajstić information content (AvgIpc) is 2.57. The van der Waals surface area contributed by atoms with Crippen LogP contribution in [0.5, 0.6) is 0 Å². The fraction of sp³-hybridized carbons (Fsp3) is 0.857. The molecule has 10 atom stereocenters. The summed E-state index contributed by atoms with van der Waals surface area (Å²) in [7, 11) is 0. The van der Waals surface area contributed by atoms with Crippen molar-refractivity contribution < 1.29 is 51.3 Å². The molecule has 11 N–H and O–H groups in total. The molecule has 0 unspecified atom stereocenters. The Kier molecular flexibility index (Phi) is 6.31. The predicted octanol–water partition coefficient (Wildman–Crippen LogP) is -6.63. The molecule has 0 amide bonds. The van der Waals surface area contributed by atoms with Crippen LogP contribution in [0.3, 0.4) is 0 Å². The zero-order valence-corrected chi connectivity index (χ0v) is 12.9. The summed E-state index contributed by atoms with van der Waals surface area (Å²) in [5.41, 5.74) is 0.0770. The molecule has 0 aromatic carbocycles. The van der Waals surface area contributed by atoms with Gasteiger partial charge in [0.05, 0.1) is 19.3 Å². The normalized spacial score (nSPS) is 49.8.